The summed E-state index contributed by atoms with van der Waals surface area (Å²) >= 11 is 0. The Bertz CT molecular complexity index is 504. The molecule has 2 aliphatic rings. The normalized spacial score (nSPS) is 21.8. The number of hydrogen-bond acceptors (Lipinski definition) is 4. The molecule has 0 spiro atoms. The summed E-state index contributed by atoms with van der Waals surface area (Å²) in [5, 5.41) is 2.69. The van der Waals surface area contributed by atoms with Crippen LogP contribution in [-0.2, 0) is 4.79 Å². The van der Waals surface area contributed by atoms with Crippen LogP contribution >= 0.6 is 0 Å². The Morgan fingerprint density at radius 2 is 2.15 bits per heavy atom. The molecule has 0 radical (unpaired) electrons. The molecule has 0 aliphatic carbocycles. The van der Waals surface area contributed by atoms with Gasteiger partial charge in [0.15, 0.2) is 11.5 Å². The fourth-order valence-corrected chi connectivity index (χ4v) is 2.92. The van der Waals surface area contributed by atoms with Gasteiger partial charge >= 0.3 is 0 Å². The summed E-state index contributed by atoms with van der Waals surface area (Å²) in [4.78, 5) is 13.8. The zero-order chi connectivity index (χ0) is 13.9. The molecule has 5 heteroatoms. The van der Waals surface area contributed by atoms with Crippen molar-refractivity contribution in [2.24, 2.45) is 0 Å². The van der Waals surface area contributed by atoms with Crippen LogP contribution in [0.3, 0.4) is 0 Å². The van der Waals surface area contributed by atoms with E-state index < -0.39 is 0 Å². The largest absolute Gasteiger partial charge is 0.486 e. The minimum atomic E-state index is 0.0643. The van der Waals surface area contributed by atoms with Crippen molar-refractivity contribution in [2.75, 3.05) is 33.4 Å². The van der Waals surface area contributed by atoms with Crippen LogP contribution in [0.2, 0.25) is 0 Å². The number of carbonyl (C=O) groups excluding carboxylic acids is 1. The van der Waals surface area contributed by atoms with Crippen LogP contribution in [0.1, 0.15) is 24.4 Å². The van der Waals surface area contributed by atoms with Gasteiger partial charge in [-0.1, -0.05) is 6.07 Å². The van der Waals surface area contributed by atoms with E-state index >= 15 is 0 Å². The van der Waals surface area contributed by atoms with E-state index in [9.17, 15) is 4.79 Å². The lowest BCUT2D eigenvalue weighted by molar-refractivity contribution is -0.122. The van der Waals surface area contributed by atoms with Crippen LogP contribution < -0.4 is 14.8 Å². The molecular weight excluding hydrogens is 256 g/mol. The van der Waals surface area contributed by atoms with Gasteiger partial charge in [-0.3, -0.25) is 9.69 Å². The molecule has 5 nitrogen and oxygen atoms in total. The number of likely N-dealkylation sites (tertiary alicyclic amines) is 1. The molecule has 1 aromatic rings. The maximum atomic E-state index is 11.6. The van der Waals surface area contributed by atoms with Gasteiger partial charge in [-0.05, 0) is 37.1 Å². The Morgan fingerprint density at radius 1 is 1.35 bits per heavy atom. The molecule has 2 heterocycles. The molecule has 2 aliphatic heterocycles. The van der Waals surface area contributed by atoms with E-state index in [1.807, 2.05) is 6.07 Å². The molecule has 1 amide bonds. The summed E-state index contributed by atoms with van der Waals surface area (Å²) in [6.45, 7) is 2.63. The second-order valence-corrected chi connectivity index (χ2v) is 5.20. The van der Waals surface area contributed by atoms with Crippen molar-refractivity contribution in [3.05, 3.63) is 23.8 Å². The highest BCUT2D eigenvalue weighted by Gasteiger charge is 2.28. The molecule has 108 valence electrons. The first-order valence-electron chi connectivity index (χ1n) is 7.12. The van der Waals surface area contributed by atoms with Gasteiger partial charge in [-0.2, -0.15) is 0 Å². The number of ether oxygens (including phenoxy) is 2. The van der Waals surface area contributed by atoms with Gasteiger partial charge in [0.1, 0.15) is 13.2 Å². The zero-order valence-electron chi connectivity index (χ0n) is 11.7. The van der Waals surface area contributed by atoms with E-state index in [0.717, 1.165) is 30.9 Å². The van der Waals surface area contributed by atoms with Crippen molar-refractivity contribution >= 4 is 5.91 Å². The van der Waals surface area contributed by atoms with Gasteiger partial charge < -0.3 is 14.8 Å². The molecule has 0 aromatic heterocycles. The molecule has 1 saturated heterocycles. The third-order valence-corrected chi connectivity index (χ3v) is 3.94. The maximum Gasteiger partial charge on any atom is 0.233 e. The van der Waals surface area contributed by atoms with Gasteiger partial charge in [0.2, 0.25) is 5.91 Å². The van der Waals surface area contributed by atoms with E-state index in [-0.39, 0.29) is 5.91 Å². The number of nitrogens with one attached hydrogen (secondary N) is 1. The molecule has 1 atom stereocenters. The molecule has 1 fully saturated rings. The third-order valence-electron chi connectivity index (χ3n) is 3.94. The van der Waals surface area contributed by atoms with Crippen molar-refractivity contribution in [2.45, 2.75) is 18.9 Å². The number of likely N-dealkylation sites (N-methyl/N-ethyl adjacent to an activating group) is 1. The summed E-state index contributed by atoms with van der Waals surface area (Å²) in [5.74, 6) is 1.70. The number of nitrogens with zero attached hydrogens (tertiary/aromatic N) is 1. The topological polar surface area (TPSA) is 50.8 Å². The molecule has 0 unspecified atom stereocenters. The van der Waals surface area contributed by atoms with E-state index in [1.54, 1.807) is 7.05 Å². The van der Waals surface area contributed by atoms with Crippen molar-refractivity contribution in [1.82, 2.24) is 10.2 Å². The van der Waals surface area contributed by atoms with Crippen molar-refractivity contribution < 1.29 is 14.3 Å². The van der Waals surface area contributed by atoms with Gasteiger partial charge in [0.25, 0.3) is 0 Å². The molecule has 0 bridgehead atoms. The van der Waals surface area contributed by atoms with Gasteiger partial charge in [-0.25, -0.2) is 0 Å². The summed E-state index contributed by atoms with van der Waals surface area (Å²) in [5.41, 5.74) is 1.20. The molecule has 1 N–H and O–H groups in total. The lowest BCUT2D eigenvalue weighted by Crippen LogP contribution is -2.35. The Morgan fingerprint density at radius 3 is 2.95 bits per heavy atom. The van der Waals surface area contributed by atoms with E-state index in [2.05, 4.69) is 22.3 Å². The van der Waals surface area contributed by atoms with Crippen molar-refractivity contribution in [1.29, 1.82) is 0 Å². The van der Waals surface area contributed by atoms with Crippen LogP contribution in [0.4, 0.5) is 0 Å². The molecule has 3 rings (SSSR count). The van der Waals surface area contributed by atoms with Crippen LogP contribution in [0.5, 0.6) is 11.5 Å². The lowest BCUT2D eigenvalue weighted by atomic mass is 10.0. The Hall–Kier alpha value is -1.75. The Balaban J connectivity index is 1.79. The summed E-state index contributed by atoms with van der Waals surface area (Å²) in [6, 6.07) is 6.41. The van der Waals surface area contributed by atoms with Gasteiger partial charge in [0.05, 0.1) is 6.54 Å². The number of hydrogen-bond donors (Lipinski definition) is 1. The quantitative estimate of drug-likeness (QED) is 0.905. The van der Waals surface area contributed by atoms with E-state index in [0.29, 0.717) is 25.8 Å². The number of benzene rings is 1. The number of amides is 1. The molecule has 0 saturated carbocycles. The third kappa shape index (κ3) is 2.58. The smallest absolute Gasteiger partial charge is 0.233 e. The van der Waals surface area contributed by atoms with Crippen LogP contribution in [0.15, 0.2) is 18.2 Å². The number of rotatable bonds is 3. The molecule has 1 aromatic carbocycles. The standard InChI is InChI=1S/C15H20N2O3/c1-16-15(18)10-17-6-2-3-12(17)11-4-5-13-14(9-11)20-8-7-19-13/h4-5,9,12H,2-3,6-8,10H2,1H3,(H,16,18)/t12-/m0/s1. The highest BCUT2D eigenvalue weighted by molar-refractivity contribution is 5.77. The zero-order valence-corrected chi connectivity index (χ0v) is 11.7. The van der Waals surface area contributed by atoms with Crippen molar-refractivity contribution in [3.63, 3.8) is 0 Å². The average molecular weight is 276 g/mol. The van der Waals surface area contributed by atoms with Crippen molar-refractivity contribution in [3.8, 4) is 11.5 Å². The summed E-state index contributed by atoms with van der Waals surface area (Å²) in [7, 11) is 1.68. The first-order chi connectivity index (χ1) is 9.78. The lowest BCUT2D eigenvalue weighted by Gasteiger charge is -2.25. The predicted molar refractivity (Wildman–Crippen MR) is 75.0 cm³/mol. The maximum absolute atomic E-state index is 11.6. The second kappa shape index (κ2) is 5.71. The first-order valence-corrected chi connectivity index (χ1v) is 7.12. The summed E-state index contributed by atoms with van der Waals surface area (Å²) < 4.78 is 11.2. The minimum absolute atomic E-state index is 0.0643. The fraction of sp³-hybridized carbons (Fsp3) is 0.533. The monoisotopic (exact) mass is 276 g/mol. The first kappa shape index (κ1) is 13.2. The van der Waals surface area contributed by atoms with E-state index in [1.165, 1.54) is 5.56 Å². The highest BCUT2D eigenvalue weighted by atomic mass is 16.6. The van der Waals surface area contributed by atoms with Gasteiger partial charge in [-0.15, -0.1) is 0 Å². The molecular formula is C15H20N2O3. The second-order valence-electron chi connectivity index (χ2n) is 5.20. The predicted octanol–water partition coefficient (Wildman–Crippen LogP) is 1.34. The van der Waals surface area contributed by atoms with Crippen LogP contribution in [0, 0.1) is 0 Å². The van der Waals surface area contributed by atoms with E-state index in [4.69, 9.17) is 9.47 Å². The summed E-state index contributed by atoms with van der Waals surface area (Å²) in [6.07, 6.45) is 2.20. The SMILES string of the molecule is CNC(=O)CN1CCC[C@H]1c1ccc2c(c1)OCCO2. The fourth-order valence-electron chi connectivity index (χ4n) is 2.92. The van der Waals surface area contributed by atoms with Gasteiger partial charge in [0, 0.05) is 13.1 Å². The highest BCUT2D eigenvalue weighted by Crippen LogP contribution is 2.37. The average Bonchev–Trinajstić information content (AvgIpc) is 2.94. The number of fused-ring (bicyclic) bond motifs is 1. The Labute approximate surface area is 118 Å². The Kier molecular flexibility index (Phi) is 3.78. The van der Waals surface area contributed by atoms with Crippen LogP contribution in [0.25, 0.3) is 0 Å². The van der Waals surface area contributed by atoms with Crippen LogP contribution in [-0.4, -0.2) is 44.2 Å². The number of carbonyl (C=O) groups is 1. The molecule has 20 heavy (non-hydrogen) atoms. The minimum Gasteiger partial charge on any atom is -0.486 e.